The molecule has 1 heterocycles. The van der Waals surface area contributed by atoms with Gasteiger partial charge in [0, 0.05) is 32.7 Å². The van der Waals surface area contributed by atoms with E-state index in [4.69, 9.17) is 28.9 Å². The molecule has 0 amide bonds. The lowest BCUT2D eigenvalue weighted by molar-refractivity contribution is 0.250. The molecule has 0 atom stereocenters. The van der Waals surface area contributed by atoms with Crippen molar-refractivity contribution in [3.8, 4) is 0 Å². The first-order chi connectivity index (χ1) is 10.6. The highest BCUT2D eigenvalue weighted by Gasteiger charge is 2.18. The molecule has 0 spiro atoms. The molecular weight excluding hydrogens is 317 g/mol. The first kappa shape index (κ1) is 15.5. The Hall–Kier alpha value is -1.42. The zero-order valence-electron chi connectivity index (χ0n) is 12.3. The van der Waals surface area contributed by atoms with Crippen LogP contribution in [-0.2, 0) is 6.54 Å². The summed E-state index contributed by atoms with van der Waals surface area (Å²) in [5.41, 5.74) is 9.24. The lowest BCUT2D eigenvalue weighted by atomic mass is 10.2. The van der Waals surface area contributed by atoms with Gasteiger partial charge in [-0.05, 0) is 29.8 Å². The van der Waals surface area contributed by atoms with E-state index in [-0.39, 0.29) is 0 Å². The Balaban J connectivity index is 1.60. The van der Waals surface area contributed by atoms with Gasteiger partial charge in [0.2, 0.25) is 0 Å². The molecule has 22 heavy (non-hydrogen) atoms. The van der Waals surface area contributed by atoms with Crippen molar-refractivity contribution in [3.63, 3.8) is 0 Å². The van der Waals surface area contributed by atoms with Crippen LogP contribution in [-0.4, -0.2) is 31.1 Å². The molecular formula is C17H19Cl2N3. The van der Waals surface area contributed by atoms with E-state index < -0.39 is 0 Å². The third kappa shape index (κ3) is 3.49. The monoisotopic (exact) mass is 335 g/mol. The first-order valence-corrected chi connectivity index (χ1v) is 8.15. The zero-order valence-corrected chi connectivity index (χ0v) is 13.8. The molecule has 0 aromatic heterocycles. The first-order valence-electron chi connectivity index (χ1n) is 7.39. The van der Waals surface area contributed by atoms with Crippen molar-refractivity contribution >= 4 is 34.6 Å². The topological polar surface area (TPSA) is 32.5 Å². The van der Waals surface area contributed by atoms with Crippen LogP contribution in [0.4, 0.5) is 11.4 Å². The van der Waals surface area contributed by atoms with E-state index in [1.165, 1.54) is 5.56 Å². The van der Waals surface area contributed by atoms with Crippen molar-refractivity contribution < 1.29 is 0 Å². The summed E-state index contributed by atoms with van der Waals surface area (Å²) in [5, 5.41) is 1.23. The molecule has 5 heteroatoms. The third-order valence-corrected chi connectivity index (χ3v) is 4.78. The summed E-state index contributed by atoms with van der Waals surface area (Å²) in [6, 6.07) is 13.9. The van der Waals surface area contributed by atoms with Crippen LogP contribution >= 0.6 is 23.2 Å². The lowest BCUT2D eigenvalue weighted by Crippen LogP contribution is -2.46. The van der Waals surface area contributed by atoms with Crippen LogP contribution in [0.1, 0.15) is 5.56 Å². The average molecular weight is 336 g/mol. The number of benzene rings is 2. The van der Waals surface area contributed by atoms with Crippen LogP contribution in [0.25, 0.3) is 0 Å². The van der Waals surface area contributed by atoms with E-state index in [2.05, 4.69) is 15.9 Å². The smallest absolute Gasteiger partial charge is 0.0600 e. The van der Waals surface area contributed by atoms with Crippen molar-refractivity contribution in [1.29, 1.82) is 0 Å². The predicted octanol–water partition coefficient (Wildman–Crippen LogP) is 3.90. The summed E-state index contributed by atoms with van der Waals surface area (Å²) in [5.74, 6) is 0. The van der Waals surface area contributed by atoms with Crippen LogP contribution < -0.4 is 10.6 Å². The summed E-state index contributed by atoms with van der Waals surface area (Å²) in [7, 11) is 0. The Morgan fingerprint density at radius 1 is 0.909 bits per heavy atom. The van der Waals surface area contributed by atoms with Gasteiger partial charge in [0.1, 0.15) is 0 Å². The van der Waals surface area contributed by atoms with Gasteiger partial charge in [-0.2, -0.15) is 0 Å². The molecule has 2 aromatic carbocycles. The van der Waals surface area contributed by atoms with Gasteiger partial charge in [0.25, 0.3) is 0 Å². The number of nitrogens with zero attached hydrogens (tertiary/aromatic N) is 2. The molecule has 0 aliphatic carbocycles. The molecule has 1 saturated heterocycles. The number of rotatable bonds is 3. The largest absolute Gasteiger partial charge is 0.397 e. The fraction of sp³-hybridized carbons (Fsp3) is 0.294. The standard InChI is InChI=1S/C17H19Cl2N3/c18-14-6-5-13(11-15(14)19)12-21-7-9-22(10-8-21)17-4-2-1-3-16(17)20/h1-6,11H,7-10,12,20H2. The molecule has 1 aliphatic heterocycles. The van der Waals surface area contributed by atoms with E-state index in [1.54, 1.807) is 0 Å². The van der Waals surface area contributed by atoms with Gasteiger partial charge < -0.3 is 10.6 Å². The highest BCUT2D eigenvalue weighted by Crippen LogP contribution is 2.25. The normalized spacial score (nSPS) is 16.0. The molecule has 1 fully saturated rings. The van der Waals surface area contributed by atoms with Crippen molar-refractivity contribution in [2.24, 2.45) is 0 Å². The molecule has 0 saturated carbocycles. The summed E-state index contributed by atoms with van der Waals surface area (Å²) in [6.07, 6.45) is 0. The van der Waals surface area contributed by atoms with Crippen LogP contribution in [0, 0.1) is 0 Å². The number of piperazine rings is 1. The molecule has 2 N–H and O–H groups in total. The fourth-order valence-corrected chi connectivity index (χ4v) is 3.14. The molecule has 3 rings (SSSR count). The number of nitrogens with two attached hydrogens (primary N) is 1. The van der Waals surface area contributed by atoms with E-state index in [9.17, 15) is 0 Å². The van der Waals surface area contributed by atoms with Crippen molar-refractivity contribution in [3.05, 3.63) is 58.1 Å². The average Bonchev–Trinajstić information content (AvgIpc) is 2.52. The summed E-state index contributed by atoms with van der Waals surface area (Å²) in [6.45, 7) is 4.88. The number of halogens is 2. The molecule has 2 aromatic rings. The van der Waals surface area contributed by atoms with Crippen LogP contribution in [0.2, 0.25) is 10.0 Å². The Kier molecular flexibility index (Phi) is 4.77. The van der Waals surface area contributed by atoms with E-state index >= 15 is 0 Å². The summed E-state index contributed by atoms with van der Waals surface area (Å²) >= 11 is 12.0. The fourth-order valence-electron chi connectivity index (χ4n) is 2.82. The minimum atomic E-state index is 0.606. The maximum atomic E-state index is 6.08. The number of hydrogen-bond donors (Lipinski definition) is 1. The summed E-state index contributed by atoms with van der Waals surface area (Å²) in [4.78, 5) is 4.77. The van der Waals surface area contributed by atoms with Gasteiger partial charge in [0.15, 0.2) is 0 Å². The van der Waals surface area contributed by atoms with Crippen LogP contribution in [0.3, 0.4) is 0 Å². The Labute approximate surface area is 141 Å². The molecule has 0 unspecified atom stereocenters. The SMILES string of the molecule is Nc1ccccc1N1CCN(Cc2ccc(Cl)c(Cl)c2)CC1. The molecule has 116 valence electrons. The second kappa shape index (κ2) is 6.78. The van der Waals surface area contributed by atoms with Gasteiger partial charge in [-0.15, -0.1) is 0 Å². The second-order valence-electron chi connectivity index (χ2n) is 5.57. The third-order valence-electron chi connectivity index (χ3n) is 4.04. The van der Waals surface area contributed by atoms with Gasteiger partial charge in [-0.3, -0.25) is 4.90 Å². The molecule has 0 bridgehead atoms. The number of nitrogen functional groups attached to an aromatic ring is 1. The highest BCUT2D eigenvalue weighted by molar-refractivity contribution is 6.42. The maximum absolute atomic E-state index is 6.08. The molecule has 0 radical (unpaired) electrons. The lowest BCUT2D eigenvalue weighted by Gasteiger charge is -2.36. The van der Waals surface area contributed by atoms with Crippen LogP contribution in [0.5, 0.6) is 0 Å². The Morgan fingerprint density at radius 3 is 2.32 bits per heavy atom. The van der Waals surface area contributed by atoms with Crippen molar-refractivity contribution in [2.45, 2.75) is 6.54 Å². The summed E-state index contributed by atoms with van der Waals surface area (Å²) < 4.78 is 0. The number of anilines is 2. The van der Waals surface area contributed by atoms with Gasteiger partial charge >= 0.3 is 0 Å². The minimum absolute atomic E-state index is 0.606. The Morgan fingerprint density at radius 2 is 1.64 bits per heavy atom. The van der Waals surface area contributed by atoms with Crippen molar-refractivity contribution in [1.82, 2.24) is 4.90 Å². The zero-order chi connectivity index (χ0) is 15.5. The van der Waals surface area contributed by atoms with Gasteiger partial charge in [-0.25, -0.2) is 0 Å². The quantitative estimate of drug-likeness (QED) is 0.863. The van der Waals surface area contributed by atoms with E-state index in [1.807, 2.05) is 36.4 Å². The highest BCUT2D eigenvalue weighted by atomic mass is 35.5. The molecule has 3 nitrogen and oxygen atoms in total. The van der Waals surface area contributed by atoms with Gasteiger partial charge in [-0.1, -0.05) is 41.4 Å². The van der Waals surface area contributed by atoms with E-state index in [0.717, 1.165) is 44.1 Å². The molecule has 1 aliphatic rings. The van der Waals surface area contributed by atoms with Crippen molar-refractivity contribution in [2.75, 3.05) is 36.8 Å². The second-order valence-corrected chi connectivity index (χ2v) is 6.38. The number of hydrogen-bond acceptors (Lipinski definition) is 3. The van der Waals surface area contributed by atoms with E-state index in [0.29, 0.717) is 10.0 Å². The van der Waals surface area contributed by atoms with Gasteiger partial charge in [0.05, 0.1) is 21.4 Å². The minimum Gasteiger partial charge on any atom is -0.397 e. The number of para-hydroxylation sites is 2. The Bertz CT molecular complexity index is 652. The maximum Gasteiger partial charge on any atom is 0.0600 e. The predicted molar refractivity (Wildman–Crippen MR) is 94.8 cm³/mol. The van der Waals surface area contributed by atoms with Crippen LogP contribution in [0.15, 0.2) is 42.5 Å².